The van der Waals surface area contributed by atoms with Gasteiger partial charge in [-0.25, -0.2) is 0 Å². The minimum absolute atomic E-state index is 0.755. The molecule has 0 unspecified atom stereocenters. The summed E-state index contributed by atoms with van der Waals surface area (Å²) >= 11 is 0. The minimum Gasteiger partial charge on any atom is -0.385 e. The summed E-state index contributed by atoms with van der Waals surface area (Å²) < 4.78 is 5.04. The first kappa shape index (κ1) is 12.0. The third kappa shape index (κ3) is 4.40. The van der Waals surface area contributed by atoms with Crippen molar-refractivity contribution in [3.8, 4) is 0 Å². The predicted octanol–water partition coefficient (Wildman–Crippen LogP) is 1.10. The van der Waals surface area contributed by atoms with Crippen LogP contribution in [-0.2, 0) is 4.74 Å². The minimum atomic E-state index is 0.755. The fraction of sp³-hybridized carbons (Fsp3) is 1.00. The van der Waals surface area contributed by atoms with Crippen LogP contribution in [-0.4, -0.2) is 51.3 Å². The molecular weight excluding hydrogens is 176 g/mol. The number of rotatable bonds is 6. The van der Waals surface area contributed by atoms with Gasteiger partial charge in [0.2, 0.25) is 0 Å². The summed E-state index contributed by atoms with van der Waals surface area (Å²) in [5, 5.41) is 3.35. The predicted molar refractivity (Wildman–Crippen MR) is 59.6 cm³/mol. The standard InChI is InChI=1S/C11H24N2O/c1-12-11-5-8-13(9-6-11)7-3-4-10-14-2/h11-12H,3-10H2,1-2H3. The van der Waals surface area contributed by atoms with E-state index in [4.69, 9.17) is 4.74 Å². The lowest BCUT2D eigenvalue weighted by Gasteiger charge is -2.31. The van der Waals surface area contributed by atoms with E-state index in [1.54, 1.807) is 7.11 Å². The molecule has 1 aliphatic heterocycles. The second-order valence-corrected chi connectivity index (χ2v) is 4.10. The molecule has 0 aromatic carbocycles. The Morgan fingerprint density at radius 2 is 2.00 bits per heavy atom. The van der Waals surface area contributed by atoms with Crippen molar-refractivity contribution in [1.29, 1.82) is 0 Å². The zero-order valence-corrected chi connectivity index (χ0v) is 9.59. The van der Waals surface area contributed by atoms with Crippen LogP contribution in [0.2, 0.25) is 0 Å². The van der Waals surface area contributed by atoms with E-state index in [9.17, 15) is 0 Å². The molecule has 1 saturated heterocycles. The number of ether oxygens (including phenoxy) is 1. The van der Waals surface area contributed by atoms with Crippen LogP contribution in [0.3, 0.4) is 0 Å². The maximum atomic E-state index is 5.04. The van der Waals surface area contributed by atoms with Crippen LogP contribution in [0.25, 0.3) is 0 Å². The van der Waals surface area contributed by atoms with E-state index >= 15 is 0 Å². The van der Waals surface area contributed by atoms with Gasteiger partial charge in [-0.1, -0.05) is 0 Å². The van der Waals surface area contributed by atoms with Crippen LogP contribution in [0.1, 0.15) is 25.7 Å². The van der Waals surface area contributed by atoms with E-state index in [0.717, 1.165) is 12.6 Å². The van der Waals surface area contributed by atoms with Gasteiger partial charge < -0.3 is 15.0 Å². The molecule has 0 spiro atoms. The van der Waals surface area contributed by atoms with Crippen LogP contribution in [0, 0.1) is 0 Å². The Morgan fingerprint density at radius 1 is 1.29 bits per heavy atom. The highest BCUT2D eigenvalue weighted by Gasteiger charge is 2.16. The smallest absolute Gasteiger partial charge is 0.0462 e. The molecule has 1 aliphatic rings. The fourth-order valence-electron chi connectivity index (χ4n) is 2.03. The second-order valence-electron chi connectivity index (χ2n) is 4.10. The molecule has 3 heteroatoms. The van der Waals surface area contributed by atoms with E-state index in [-0.39, 0.29) is 0 Å². The quantitative estimate of drug-likeness (QED) is 0.650. The van der Waals surface area contributed by atoms with Gasteiger partial charge in [-0.05, 0) is 52.4 Å². The van der Waals surface area contributed by atoms with Gasteiger partial charge in [0.25, 0.3) is 0 Å². The number of hydrogen-bond donors (Lipinski definition) is 1. The van der Waals surface area contributed by atoms with Crippen LogP contribution >= 0.6 is 0 Å². The largest absolute Gasteiger partial charge is 0.385 e. The zero-order chi connectivity index (χ0) is 10.2. The van der Waals surface area contributed by atoms with Crippen molar-refractivity contribution >= 4 is 0 Å². The van der Waals surface area contributed by atoms with Crippen molar-refractivity contribution in [3.63, 3.8) is 0 Å². The number of unbranched alkanes of at least 4 members (excludes halogenated alkanes) is 1. The number of methoxy groups -OCH3 is 1. The molecule has 1 heterocycles. The van der Waals surface area contributed by atoms with Gasteiger partial charge in [-0.3, -0.25) is 0 Å². The lowest BCUT2D eigenvalue weighted by molar-refractivity contribution is 0.170. The summed E-state index contributed by atoms with van der Waals surface area (Å²) in [7, 11) is 3.84. The van der Waals surface area contributed by atoms with E-state index in [1.165, 1.54) is 45.3 Å². The Morgan fingerprint density at radius 3 is 2.57 bits per heavy atom. The van der Waals surface area contributed by atoms with Crippen molar-refractivity contribution in [1.82, 2.24) is 10.2 Å². The highest BCUT2D eigenvalue weighted by molar-refractivity contribution is 4.75. The van der Waals surface area contributed by atoms with Crippen molar-refractivity contribution < 1.29 is 4.74 Å². The number of nitrogens with zero attached hydrogens (tertiary/aromatic N) is 1. The highest BCUT2D eigenvalue weighted by Crippen LogP contribution is 2.10. The number of likely N-dealkylation sites (tertiary alicyclic amines) is 1. The Kier molecular flexibility index (Phi) is 6.15. The van der Waals surface area contributed by atoms with Crippen LogP contribution < -0.4 is 5.32 Å². The molecule has 0 amide bonds. The van der Waals surface area contributed by atoms with Gasteiger partial charge in [-0.15, -0.1) is 0 Å². The lowest BCUT2D eigenvalue weighted by atomic mass is 10.1. The average molecular weight is 200 g/mol. The van der Waals surface area contributed by atoms with Gasteiger partial charge >= 0.3 is 0 Å². The molecule has 1 N–H and O–H groups in total. The summed E-state index contributed by atoms with van der Waals surface area (Å²) in [5.74, 6) is 0. The SMILES string of the molecule is CNC1CCN(CCCCOC)CC1. The van der Waals surface area contributed by atoms with Crippen molar-refractivity contribution in [2.75, 3.05) is 40.4 Å². The van der Waals surface area contributed by atoms with Crippen LogP contribution in [0.5, 0.6) is 0 Å². The molecule has 0 atom stereocenters. The van der Waals surface area contributed by atoms with Crippen LogP contribution in [0.15, 0.2) is 0 Å². The Labute approximate surface area is 87.8 Å². The molecule has 1 fully saturated rings. The molecule has 14 heavy (non-hydrogen) atoms. The average Bonchev–Trinajstić information content (AvgIpc) is 2.25. The molecule has 0 radical (unpaired) electrons. The summed E-state index contributed by atoms with van der Waals surface area (Å²) in [6.07, 6.45) is 5.09. The molecule has 1 rings (SSSR count). The molecule has 0 aliphatic carbocycles. The molecule has 3 nitrogen and oxygen atoms in total. The molecule has 0 aromatic heterocycles. The maximum Gasteiger partial charge on any atom is 0.0462 e. The normalized spacial score (nSPS) is 20.1. The molecule has 0 bridgehead atoms. The van der Waals surface area contributed by atoms with Gasteiger partial charge in [0.1, 0.15) is 0 Å². The molecular formula is C11H24N2O. The fourth-order valence-corrected chi connectivity index (χ4v) is 2.03. The van der Waals surface area contributed by atoms with E-state index < -0.39 is 0 Å². The third-order valence-corrected chi connectivity index (χ3v) is 3.07. The summed E-state index contributed by atoms with van der Waals surface area (Å²) in [5.41, 5.74) is 0. The second kappa shape index (κ2) is 7.21. The van der Waals surface area contributed by atoms with Gasteiger partial charge in [0, 0.05) is 19.8 Å². The third-order valence-electron chi connectivity index (χ3n) is 3.07. The molecule has 0 saturated carbocycles. The molecule has 84 valence electrons. The van der Waals surface area contributed by atoms with Gasteiger partial charge in [-0.2, -0.15) is 0 Å². The topological polar surface area (TPSA) is 24.5 Å². The van der Waals surface area contributed by atoms with Crippen molar-refractivity contribution in [2.24, 2.45) is 0 Å². The van der Waals surface area contributed by atoms with Crippen molar-refractivity contribution in [2.45, 2.75) is 31.7 Å². The number of nitrogens with one attached hydrogen (secondary N) is 1. The summed E-state index contributed by atoms with van der Waals surface area (Å²) in [4.78, 5) is 2.57. The van der Waals surface area contributed by atoms with Crippen LogP contribution in [0.4, 0.5) is 0 Å². The van der Waals surface area contributed by atoms with Crippen molar-refractivity contribution in [3.05, 3.63) is 0 Å². The molecule has 0 aromatic rings. The Bertz CT molecular complexity index is 133. The first-order valence-corrected chi connectivity index (χ1v) is 5.75. The number of piperidine rings is 1. The van der Waals surface area contributed by atoms with Gasteiger partial charge in [0.05, 0.1) is 0 Å². The van der Waals surface area contributed by atoms with Gasteiger partial charge in [0.15, 0.2) is 0 Å². The summed E-state index contributed by atoms with van der Waals surface area (Å²) in [6, 6.07) is 0.755. The first-order valence-electron chi connectivity index (χ1n) is 5.75. The maximum absolute atomic E-state index is 5.04. The Balaban J connectivity index is 1.98. The summed E-state index contributed by atoms with van der Waals surface area (Å²) in [6.45, 7) is 4.68. The number of hydrogen-bond acceptors (Lipinski definition) is 3. The Hall–Kier alpha value is -0.120. The highest BCUT2D eigenvalue weighted by atomic mass is 16.5. The van der Waals surface area contributed by atoms with E-state index in [1.807, 2.05) is 0 Å². The lowest BCUT2D eigenvalue weighted by Crippen LogP contribution is -2.41. The first-order chi connectivity index (χ1) is 6.86. The monoisotopic (exact) mass is 200 g/mol. The zero-order valence-electron chi connectivity index (χ0n) is 9.59. The van der Waals surface area contributed by atoms with E-state index in [2.05, 4.69) is 17.3 Å². The van der Waals surface area contributed by atoms with E-state index in [0.29, 0.717) is 0 Å².